The largest absolute Gasteiger partial charge is 0.443 e. The molecule has 4 rings (SSSR count). The predicted octanol–water partition coefficient (Wildman–Crippen LogP) is 1.75. The first kappa shape index (κ1) is 28.6. The highest BCUT2D eigenvalue weighted by molar-refractivity contribution is 7.90. The first-order chi connectivity index (χ1) is 18.3. The Hall–Kier alpha value is -3.36. The molecule has 2 aromatic rings. The minimum atomic E-state index is -3.53. The van der Waals surface area contributed by atoms with Gasteiger partial charge in [0, 0.05) is 63.4 Å². The third-order valence-corrected chi connectivity index (χ3v) is 7.48. The average molecular weight is 564 g/mol. The monoisotopic (exact) mass is 563 g/mol. The van der Waals surface area contributed by atoms with E-state index in [0.717, 1.165) is 23.6 Å². The standard InChI is InChI=1S/C25H34FN7O5S/c1-25(2,3)38-24(35)31-33-9-7-32(8-10-33)22(34)12-16-11-21-18(14-27-16)23(29-15-28-21)30-20-6-5-17(13-19(20)26)39(4,36)37/h5-6,13,15-16,27H,7-12,14H2,1-4H3,(H,31,35)(H,28,29,30). The Morgan fingerprint density at radius 1 is 1.18 bits per heavy atom. The molecule has 2 amide bonds. The van der Waals surface area contributed by atoms with Crippen LogP contribution in [0.2, 0.25) is 0 Å². The maximum absolute atomic E-state index is 14.6. The Morgan fingerprint density at radius 2 is 1.90 bits per heavy atom. The number of hydrogen-bond donors (Lipinski definition) is 3. The molecule has 14 heteroatoms. The minimum Gasteiger partial charge on any atom is -0.443 e. The highest BCUT2D eigenvalue weighted by Gasteiger charge is 2.29. The van der Waals surface area contributed by atoms with E-state index in [1.54, 1.807) is 30.7 Å². The zero-order chi connectivity index (χ0) is 28.4. The van der Waals surface area contributed by atoms with Crippen molar-refractivity contribution in [2.24, 2.45) is 0 Å². The zero-order valence-electron chi connectivity index (χ0n) is 22.5. The van der Waals surface area contributed by atoms with Gasteiger partial charge in [-0.15, -0.1) is 0 Å². The maximum atomic E-state index is 14.6. The van der Waals surface area contributed by atoms with Crippen molar-refractivity contribution in [3.8, 4) is 0 Å². The first-order valence-corrected chi connectivity index (χ1v) is 14.5. The summed E-state index contributed by atoms with van der Waals surface area (Å²) in [7, 11) is -3.53. The summed E-state index contributed by atoms with van der Waals surface area (Å²) < 4.78 is 43.2. The summed E-state index contributed by atoms with van der Waals surface area (Å²) >= 11 is 0. The summed E-state index contributed by atoms with van der Waals surface area (Å²) in [4.78, 5) is 35.2. The quantitative estimate of drug-likeness (QED) is 0.475. The number of rotatable bonds is 6. The van der Waals surface area contributed by atoms with Crippen LogP contribution in [-0.2, 0) is 32.3 Å². The summed E-state index contributed by atoms with van der Waals surface area (Å²) in [6.45, 7) is 7.73. The van der Waals surface area contributed by atoms with Gasteiger partial charge in [0.25, 0.3) is 0 Å². The van der Waals surface area contributed by atoms with E-state index in [2.05, 4.69) is 26.0 Å². The molecule has 1 atom stereocenters. The van der Waals surface area contributed by atoms with Crippen molar-refractivity contribution in [1.29, 1.82) is 0 Å². The van der Waals surface area contributed by atoms with Crippen molar-refractivity contribution in [1.82, 2.24) is 30.6 Å². The highest BCUT2D eigenvalue weighted by atomic mass is 32.2. The number of piperazine rings is 1. The van der Waals surface area contributed by atoms with E-state index >= 15 is 0 Å². The van der Waals surface area contributed by atoms with Crippen LogP contribution in [0.25, 0.3) is 0 Å². The fourth-order valence-electron chi connectivity index (χ4n) is 4.41. The number of ether oxygens (including phenoxy) is 1. The van der Waals surface area contributed by atoms with Gasteiger partial charge >= 0.3 is 6.09 Å². The van der Waals surface area contributed by atoms with Crippen molar-refractivity contribution in [3.63, 3.8) is 0 Å². The van der Waals surface area contributed by atoms with Crippen LogP contribution >= 0.6 is 0 Å². The predicted molar refractivity (Wildman–Crippen MR) is 141 cm³/mol. The Labute approximate surface area is 227 Å². The van der Waals surface area contributed by atoms with E-state index in [4.69, 9.17) is 4.74 Å². The van der Waals surface area contributed by atoms with Crippen molar-refractivity contribution in [2.45, 2.75) is 56.7 Å². The van der Waals surface area contributed by atoms with Gasteiger partial charge in [-0.3, -0.25) is 10.2 Å². The van der Waals surface area contributed by atoms with Crippen LogP contribution in [0.15, 0.2) is 29.4 Å². The van der Waals surface area contributed by atoms with Crippen LogP contribution in [0.5, 0.6) is 0 Å². The molecule has 3 N–H and O–H groups in total. The lowest BCUT2D eigenvalue weighted by atomic mass is 9.98. The number of hydrogen-bond acceptors (Lipinski definition) is 10. The molecule has 0 spiro atoms. The van der Waals surface area contributed by atoms with E-state index in [0.29, 0.717) is 45.0 Å². The van der Waals surface area contributed by atoms with Gasteiger partial charge in [0.05, 0.1) is 16.3 Å². The summed E-state index contributed by atoms with van der Waals surface area (Å²) in [5.41, 5.74) is 3.74. The number of carbonyl (C=O) groups excluding carboxylic acids is 2. The van der Waals surface area contributed by atoms with Crippen molar-refractivity contribution in [3.05, 3.63) is 41.6 Å². The summed E-state index contributed by atoms with van der Waals surface area (Å²) in [6, 6.07) is 3.54. The SMILES string of the molecule is CC(C)(C)OC(=O)NN1CCN(C(=O)CC2Cc3ncnc(Nc4ccc(S(C)(=O)=O)cc4F)c3CN2)CC1. The maximum Gasteiger partial charge on any atom is 0.422 e. The number of carbonyl (C=O) groups is 2. The molecule has 1 aromatic heterocycles. The van der Waals surface area contributed by atoms with Crippen molar-refractivity contribution < 1.29 is 27.1 Å². The van der Waals surface area contributed by atoms with Gasteiger partial charge < -0.3 is 20.3 Å². The normalized spacial score (nSPS) is 18.3. The van der Waals surface area contributed by atoms with E-state index in [1.165, 1.54) is 18.5 Å². The highest BCUT2D eigenvalue weighted by Crippen LogP contribution is 2.27. The summed E-state index contributed by atoms with van der Waals surface area (Å²) in [6.07, 6.45) is 2.66. The number of fused-ring (bicyclic) bond motifs is 1. The second kappa shape index (κ2) is 11.4. The van der Waals surface area contributed by atoms with Crippen LogP contribution in [0.3, 0.4) is 0 Å². The van der Waals surface area contributed by atoms with E-state index in [9.17, 15) is 22.4 Å². The number of hydrazine groups is 1. The molecule has 0 bridgehead atoms. The van der Waals surface area contributed by atoms with E-state index in [1.807, 2.05) is 0 Å². The van der Waals surface area contributed by atoms with Gasteiger partial charge in [0.15, 0.2) is 9.84 Å². The molecule has 3 heterocycles. The third kappa shape index (κ3) is 7.61. The molecule has 1 fully saturated rings. The molecule has 12 nitrogen and oxygen atoms in total. The number of anilines is 2. The number of nitrogens with one attached hydrogen (secondary N) is 3. The Morgan fingerprint density at radius 3 is 2.54 bits per heavy atom. The molecular weight excluding hydrogens is 529 g/mol. The molecule has 212 valence electrons. The van der Waals surface area contributed by atoms with Crippen LogP contribution in [0.1, 0.15) is 38.4 Å². The molecule has 2 aliphatic rings. The topological polar surface area (TPSA) is 146 Å². The van der Waals surface area contributed by atoms with Gasteiger partial charge in [-0.1, -0.05) is 0 Å². The fourth-order valence-corrected chi connectivity index (χ4v) is 5.04. The molecule has 0 radical (unpaired) electrons. The number of nitrogens with zero attached hydrogens (tertiary/aromatic N) is 4. The van der Waals surface area contributed by atoms with Crippen molar-refractivity contribution >= 4 is 33.3 Å². The lowest BCUT2D eigenvalue weighted by molar-refractivity contribution is -0.133. The lowest BCUT2D eigenvalue weighted by Gasteiger charge is -2.36. The lowest BCUT2D eigenvalue weighted by Crippen LogP contribution is -2.56. The molecule has 1 aromatic carbocycles. The van der Waals surface area contributed by atoms with Gasteiger partial charge in [0.1, 0.15) is 23.6 Å². The molecule has 0 saturated carbocycles. The first-order valence-electron chi connectivity index (χ1n) is 12.6. The fraction of sp³-hybridized carbons (Fsp3) is 0.520. The molecule has 39 heavy (non-hydrogen) atoms. The number of aromatic nitrogens is 2. The van der Waals surface area contributed by atoms with Gasteiger partial charge in [0.2, 0.25) is 5.91 Å². The van der Waals surface area contributed by atoms with Gasteiger partial charge in [-0.05, 0) is 39.0 Å². The minimum absolute atomic E-state index is 0.00769. The second-order valence-electron chi connectivity index (χ2n) is 10.7. The number of benzene rings is 1. The van der Waals surface area contributed by atoms with Gasteiger partial charge in [-0.2, -0.15) is 0 Å². The Balaban J connectivity index is 1.31. The summed E-state index contributed by atoms with van der Waals surface area (Å²) in [5, 5.41) is 8.03. The van der Waals surface area contributed by atoms with Crippen LogP contribution in [-0.4, -0.2) is 84.4 Å². The third-order valence-electron chi connectivity index (χ3n) is 6.37. The van der Waals surface area contributed by atoms with Crippen LogP contribution in [0.4, 0.5) is 20.7 Å². The average Bonchev–Trinajstić information content (AvgIpc) is 2.84. The van der Waals surface area contributed by atoms with E-state index in [-0.39, 0.29) is 29.0 Å². The summed E-state index contributed by atoms with van der Waals surface area (Å²) in [5.74, 6) is -0.288. The zero-order valence-corrected chi connectivity index (χ0v) is 23.3. The van der Waals surface area contributed by atoms with Crippen molar-refractivity contribution in [2.75, 3.05) is 37.8 Å². The number of sulfone groups is 1. The molecule has 1 saturated heterocycles. The molecular formula is C25H34FN7O5S. The molecule has 2 aliphatic heterocycles. The van der Waals surface area contributed by atoms with Gasteiger partial charge in [-0.25, -0.2) is 32.6 Å². The Kier molecular flexibility index (Phi) is 8.37. The number of halogens is 1. The number of amides is 2. The van der Waals surface area contributed by atoms with Crippen LogP contribution < -0.4 is 16.1 Å². The second-order valence-corrected chi connectivity index (χ2v) is 12.7. The Bertz CT molecular complexity index is 1340. The molecule has 1 unspecified atom stereocenters. The van der Waals surface area contributed by atoms with E-state index < -0.39 is 27.3 Å². The van der Waals surface area contributed by atoms with Crippen LogP contribution in [0, 0.1) is 5.82 Å². The smallest absolute Gasteiger partial charge is 0.422 e. The molecule has 0 aliphatic carbocycles.